The van der Waals surface area contributed by atoms with E-state index in [1.54, 1.807) is 23.1 Å². The molecule has 1 saturated carbocycles. The highest BCUT2D eigenvalue weighted by Crippen LogP contribution is 2.31. The Hall–Kier alpha value is -3.42. The minimum absolute atomic E-state index is 0.0191. The molecule has 190 valence electrons. The summed E-state index contributed by atoms with van der Waals surface area (Å²) in [6, 6.07) is 11.6. The lowest BCUT2D eigenvalue weighted by atomic mass is 9.85. The Bertz CT molecular complexity index is 1140. The van der Waals surface area contributed by atoms with Crippen LogP contribution in [0.1, 0.15) is 59.2 Å². The number of hydrogen-bond acceptors (Lipinski definition) is 4. The minimum Gasteiger partial charge on any atom is -0.367 e. The Morgan fingerprint density at radius 2 is 1.42 bits per heavy atom. The predicted molar refractivity (Wildman–Crippen MR) is 137 cm³/mol. The van der Waals surface area contributed by atoms with Crippen LogP contribution in [0.2, 0.25) is 0 Å². The lowest BCUT2D eigenvalue weighted by Gasteiger charge is -2.37. The second-order valence-electron chi connectivity index (χ2n) is 9.96. The van der Waals surface area contributed by atoms with Gasteiger partial charge in [0.25, 0.3) is 11.8 Å². The highest BCUT2D eigenvalue weighted by molar-refractivity contribution is 6.02. The van der Waals surface area contributed by atoms with Crippen LogP contribution < -0.4 is 10.2 Å². The van der Waals surface area contributed by atoms with Crippen LogP contribution in [0.4, 0.5) is 15.8 Å². The quantitative estimate of drug-likeness (QED) is 0.681. The van der Waals surface area contributed by atoms with Gasteiger partial charge in [0.15, 0.2) is 0 Å². The minimum atomic E-state index is -0.515. The maximum absolute atomic E-state index is 14.1. The number of anilines is 2. The number of rotatable bonds is 5. The van der Waals surface area contributed by atoms with Gasteiger partial charge in [-0.15, -0.1) is 0 Å². The first kappa shape index (κ1) is 24.3. The normalized spacial score (nSPS) is 18.5. The standard InChI is InChI=1S/C28H33FN4O3/c29-24-10-3-2-9-22(24)27(35)33-17-15-31(16-18-33)25-12-11-21(30-26(34)20-7-6-8-20)19-23(25)28(36)32-13-4-1-5-14-32/h2-3,9-12,19-20H,1,4-8,13-18H2,(H,30,34). The lowest BCUT2D eigenvalue weighted by molar-refractivity contribution is -0.122. The van der Waals surface area contributed by atoms with Gasteiger partial charge in [0.05, 0.1) is 11.1 Å². The van der Waals surface area contributed by atoms with Gasteiger partial charge in [-0.3, -0.25) is 14.4 Å². The van der Waals surface area contributed by atoms with Crippen molar-refractivity contribution < 1.29 is 18.8 Å². The van der Waals surface area contributed by atoms with E-state index in [1.807, 2.05) is 17.0 Å². The first-order chi connectivity index (χ1) is 17.5. The third kappa shape index (κ3) is 5.08. The van der Waals surface area contributed by atoms with E-state index < -0.39 is 5.82 Å². The van der Waals surface area contributed by atoms with Crippen molar-refractivity contribution in [2.45, 2.75) is 38.5 Å². The van der Waals surface area contributed by atoms with E-state index in [9.17, 15) is 18.8 Å². The Kier molecular flexibility index (Phi) is 7.20. The van der Waals surface area contributed by atoms with Crippen LogP contribution in [0.5, 0.6) is 0 Å². The van der Waals surface area contributed by atoms with Crippen LogP contribution in [-0.2, 0) is 4.79 Å². The molecule has 2 aromatic rings. The van der Waals surface area contributed by atoms with Gasteiger partial charge in [-0.25, -0.2) is 4.39 Å². The second-order valence-corrected chi connectivity index (χ2v) is 9.96. The monoisotopic (exact) mass is 492 g/mol. The van der Waals surface area contributed by atoms with Crippen molar-refractivity contribution in [2.24, 2.45) is 5.92 Å². The van der Waals surface area contributed by atoms with Crippen LogP contribution in [0.15, 0.2) is 42.5 Å². The van der Waals surface area contributed by atoms with E-state index in [1.165, 1.54) is 12.1 Å². The summed E-state index contributed by atoms with van der Waals surface area (Å²) in [5, 5.41) is 3.00. The molecule has 8 heteroatoms. The number of piperidine rings is 1. The molecule has 0 aromatic heterocycles. The number of carbonyl (C=O) groups is 3. The summed E-state index contributed by atoms with van der Waals surface area (Å²) in [6.45, 7) is 3.42. The van der Waals surface area contributed by atoms with E-state index in [0.29, 0.717) is 37.4 Å². The summed E-state index contributed by atoms with van der Waals surface area (Å²) in [6.07, 6.45) is 6.04. The van der Waals surface area contributed by atoms with Gasteiger partial charge < -0.3 is 20.0 Å². The van der Waals surface area contributed by atoms with Crippen LogP contribution >= 0.6 is 0 Å². The van der Waals surface area contributed by atoms with Gasteiger partial charge in [-0.2, -0.15) is 0 Å². The maximum atomic E-state index is 14.1. The van der Waals surface area contributed by atoms with E-state index in [4.69, 9.17) is 0 Å². The SMILES string of the molecule is O=C(Nc1ccc(N2CCN(C(=O)c3ccccc3F)CC2)c(C(=O)N2CCCCC2)c1)C1CCC1. The molecule has 5 rings (SSSR count). The Balaban J connectivity index is 1.34. The van der Waals surface area contributed by atoms with E-state index in [2.05, 4.69) is 10.2 Å². The molecule has 0 atom stereocenters. The predicted octanol–water partition coefficient (Wildman–Crippen LogP) is 4.15. The third-order valence-electron chi connectivity index (χ3n) is 7.63. The number of likely N-dealkylation sites (tertiary alicyclic amines) is 1. The van der Waals surface area contributed by atoms with Crippen molar-refractivity contribution in [3.8, 4) is 0 Å². The largest absolute Gasteiger partial charge is 0.367 e. The molecule has 2 saturated heterocycles. The Labute approximate surface area is 211 Å². The van der Waals surface area contributed by atoms with E-state index in [0.717, 1.165) is 57.3 Å². The maximum Gasteiger partial charge on any atom is 0.256 e. The van der Waals surface area contributed by atoms with Crippen molar-refractivity contribution in [3.63, 3.8) is 0 Å². The number of amides is 3. The number of piperazine rings is 1. The Morgan fingerprint density at radius 1 is 0.750 bits per heavy atom. The van der Waals surface area contributed by atoms with Gasteiger partial charge in [0.1, 0.15) is 5.82 Å². The zero-order valence-electron chi connectivity index (χ0n) is 20.5. The fraction of sp³-hybridized carbons (Fsp3) is 0.464. The van der Waals surface area contributed by atoms with Gasteiger partial charge in [-0.1, -0.05) is 18.6 Å². The first-order valence-corrected chi connectivity index (χ1v) is 13.0. The molecule has 0 unspecified atom stereocenters. The van der Waals surface area contributed by atoms with Crippen LogP contribution in [-0.4, -0.2) is 66.8 Å². The molecular weight excluding hydrogens is 459 g/mol. The zero-order chi connectivity index (χ0) is 25.1. The summed E-state index contributed by atoms with van der Waals surface area (Å²) >= 11 is 0. The third-order valence-corrected chi connectivity index (χ3v) is 7.63. The fourth-order valence-electron chi connectivity index (χ4n) is 5.20. The number of carbonyl (C=O) groups excluding carboxylic acids is 3. The highest BCUT2D eigenvalue weighted by atomic mass is 19.1. The molecule has 0 bridgehead atoms. The lowest BCUT2D eigenvalue weighted by Crippen LogP contribution is -2.49. The average Bonchev–Trinajstić information content (AvgIpc) is 2.88. The number of nitrogens with one attached hydrogen (secondary N) is 1. The molecule has 3 amide bonds. The van der Waals surface area contributed by atoms with Crippen molar-refractivity contribution in [3.05, 3.63) is 59.4 Å². The number of benzene rings is 2. The van der Waals surface area contributed by atoms with Crippen molar-refractivity contribution in [2.75, 3.05) is 49.5 Å². The van der Waals surface area contributed by atoms with Gasteiger partial charge in [-0.05, 0) is 62.4 Å². The number of hydrogen-bond donors (Lipinski definition) is 1. The van der Waals surface area contributed by atoms with Gasteiger partial charge >= 0.3 is 0 Å². The molecule has 1 aliphatic carbocycles. The van der Waals surface area contributed by atoms with Crippen LogP contribution in [0.3, 0.4) is 0 Å². The number of nitrogens with zero attached hydrogens (tertiary/aromatic N) is 3. The molecular formula is C28H33FN4O3. The van der Waals surface area contributed by atoms with Gasteiger partial charge in [0, 0.05) is 56.6 Å². The van der Waals surface area contributed by atoms with Crippen LogP contribution in [0.25, 0.3) is 0 Å². The second kappa shape index (κ2) is 10.7. The van der Waals surface area contributed by atoms with Crippen molar-refractivity contribution in [1.82, 2.24) is 9.80 Å². The summed E-state index contributed by atoms with van der Waals surface area (Å²) in [4.78, 5) is 44.6. The molecule has 2 aliphatic heterocycles. The molecule has 0 spiro atoms. The van der Waals surface area contributed by atoms with Crippen molar-refractivity contribution >= 4 is 29.1 Å². The van der Waals surface area contributed by atoms with Crippen LogP contribution in [0, 0.1) is 11.7 Å². The average molecular weight is 493 g/mol. The number of halogens is 1. The summed E-state index contributed by atoms with van der Waals surface area (Å²) in [5.74, 6) is -0.767. The molecule has 7 nitrogen and oxygen atoms in total. The zero-order valence-corrected chi connectivity index (χ0v) is 20.5. The molecule has 2 aromatic carbocycles. The summed E-state index contributed by atoms with van der Waals surface area (Å²) in [5.41, 5.74) is 2.12. The fourth-order valence-corrected chi connectivity index (χ4v) is 5.20. The van der Waals surface area contributed by atoms with Crippen molar-refractivity contribution in [1.29, 1.82) is 0 Å². The molecule has 1 N–H and O–H groups in total. The van der Waals surface area contributed by atoms with Gasteiger partial charge in [0.2, 0.25) is 5.91 Å². The summed E-state index contributed by atoms with van der Waals surface area (Å²) < 4.78 is 14.1. The molecule has 3 aliphatic rings. The Morgan fingerprint density at radius 3 is 2.08 bits per heavy atom. The smallest absolute Gasteiger partial charge is 0.256 e. The first-order valence-electron chi connectivity index (χ1n) is 13.0. The summed E-state index contributed by atoms with van der Waals surface area (Å²) in [7, 11) is 0. The molecule has 0 radical (unpaired) electrons. The molecule has 36 heavy (non-hydrogen) atoms. The highest BCUT2D eigenvalue weighted by Gasteiger charge is 2.29. The topological polar surface area (TPSA) is 73.0 Å². The van der Waals surface area contributed by atoms with E-state index in [-0.39, 0.29) is 29.2 Å². The molecule has 3 fully saturated rings. The van der Waals surface area contributed by atoms with E-state index >= 15 is 0 Å². The molecule has 2 heterocycles.